The molecule has 1 aromatic carbocycles. The van der Waals surface area contributed by atoms with Crippen molar-refractivity contribution < 1.29 is 22.2 Å². The first-order valence-corrected chi connectivity index (χ1v) is 17.5. The molecule has 1 aliphatic rings. The van der Waals surface area contributed by atoms with Gasteiger partial charge in [-0.25, -0.2) is 16.9 Å². The first kappa shape index (κ1) is 30.1. The molecule has 0 aromatic heterocycles. The van der Waals surface area contributed by atoms with Crippen LogP contribution in [0.15, 0.2) is 37.8 Å². The van der Waals surface area contributed by atoms with Crippen LogP contribution in [0.25, 0.3) is 0 Å². The van der Waals surface area contributed by atoms with Gasteiger partial charge in [0.05, 0.1) is 22.3 Å². The molecule has 0 amide bonds. The fraction of sp³-hybridized carbons (Fsp3) is 0.708. The van der Waals surface area contributed by atoms with Gasteiger partial charge in [-0.3, -0.25) is 4.79 Å². The maximum Gasteiger partial charge on any atom is 0.310 e. The number of carbonyl (C=O) groups is 1. The van der Waals surface area contributed by atoms with Crippen LogP contribution in [0.4, 0.5) is 0 Å². The molecule has 202 valence electrons. The van der Waals surface area contributed by atoms with E-state index in [0.717, 1.165) is 0 Å². The normalized spacial score (nSPS) is 20.3. The number of rotatable bonds is 9. The monoisotopic (exact) mass is 549 g/mol. The van der Waals surface area contributed by atoms with Gasteiger partial charge in [-0.05, 0) is 56.5 Å². The molecule has 0 spiro atoms. The topological polar surface area (TPSA) is 96.3 Å². The quantitative estimate of drug-likeness (QED) is 0.422. The molecule has 1 aliphatic heterocycles. The van der Waals surface area contributed by atoms with Crippen molar-refractivity contribution in [1.29, 1.82) is 0 Å². The highest BCUT2D eigenvalue weighted by Gasteiger charge is 2.35. The van der Waals surface area contributed by atoms with Gasteiger partial charge < -0.3 is 4.74 Å². The van der Waals surface area contributed by atoms with E-state index in [-0.39, 0.29) is 28.8 Å². The maximum atomic E-state index is 14.4. The highest BCUT2D eigenvalue weighted by atomic mass is 32.3. The molecule has 0 saturated carbocycles. The Labute approximate surface area is 214 Å². The average Bonchev–Trinajstić information content (AvgIpc) is 2.79. The fourth-order valence-electron chi connectivity index (χ4n) is 3.73. The summed E-state index contributed by atoms with van der Waals surface area (Å²) in [7, 11) is -8.34. The van der Waals surface area contributed by atoms with E-state index in [1.165, 1.54) is 16.4 Å². The Hall–Kier alpha value is -1.14. The van der Waals surface area contributed by atoms with E-state index >= 15 is 0 Å². The van der Waals surface area contributed by atoms with Gasteiger partial charge in [0.2, 0.25) is 10.0 Å². The lowest BCUT2D eigenvalue weighted by atomic mass is 10.0. The van der Waals surface area contributed by atoms with E-state index in [4.69, 9.17) is 8.50 Å². The van der Waals surface area contributed by atoms with Gasteiger partial charge in [0.1, 0.15) is 9.92 Å². The third-order valence-corrected chi connectivity index (χ3v) is 15.9. The molecule has 1 fully saturated rings. The van der Waals surface area contributed by atoms with E-state index in [0.29, 0.717) is 37.4 Å². The van der Waals surface area contributed by atoms with Gasteiger partial charge in [-0.15, -0.1) is 10.2 Å². The molecule has 0 N–H and O–H groups in total. The van der Waals surface area contributed by atoms with Crippen LogP contribution in [0.1, 0.15) is 54.4 Å². The van der Waals surface area contributed by atoms with Crippen LogP contribution < -0.4 is 0 Å². The van der Waals surface area contributed by atoms with Crippen LogP contribution >= 0.6 is 10.2 Å². The Balaban J connectivity index is 2.47. The van der Waals surface area contributed by atoms with Crippen LogP contribution in [-0.2, 0) is 29.5 Å². The summed E-state index contributed by atoms with van der Waals surface area (Å²) < 4.78 is 54.3. The van der Waals surface area contributed by atoms with Gasteiger partial charge in [0.15, 0.2) is 0 Å². The fourth-order valence-corrected chi connectivity index (χ4v) is 10.4. The van der Waals surface area contributed by atoms with Crippen LogP contribution in [0, 0.1) is 5.92 Å². The molecule has 11 heteroatoms. The second-order valence-electron chi connectivity index (χ2n) is 10.00. The summed E-state index contributed by atoms with van der Waals surface area (Å²) in [5.41, 5.74) is 0. The summed E-state index contributed by atoms with van der Waals surface area (Å²) in [5, 5.41) is 0. The van der Waals surface area contributed by atoms with Crippen LogP contribution in [0.5, 0.6) is 0 Å². The number of benzene rings is 1. The van der Waals surface area contributed by atoms with Gasteiger partial charge in [-0.2, -0.15) is 8.07 Å². The minimum atomic E-state index is -3.80. The molecule has 1 heterocycles. The average molecular weight is 550 g/mol. The SMILES string of the molecule is CCOC(=O)[C@@H]1CCCN(S(=O)(=O)c2ccc(S(=O)(=NS(C)(C)C(C)(C)C)N(CC)CC)cc2)C1. The van der Waals surface area contributed by atoms with E-state index in [9.17, 15) is 17.4 Å². The van der Waals surface area contributed by atoms with E-state index in [2.05, 4.69) is 33.3 Å². The summed E-state index contributed by atoms with van der Waals surface area (Å²) in [4.78, 5) is 12.8. The number of hydrogen-bond acceptors (Lipinski definition) is 6. The van der Waals surface area contributed by atoms with Gasteiger partial charge in [-0.1, -0.05) is 34.6 Å². The van der Waals surface area contributed by atoms with Crippen LogP contribution in [0.2, 0.25) is 0 Å². The molecule has 2 rings (SSSR count). The molecule has 1 saturated heterocycles. The molecular weight excluding hydrogens is 506 g/mol. The summed E-state index contributed by atoms with van der Waals surface area (Å²) in [6.45, 7) is 13.8. The van der Waals surface area contributed by atoms with E-state index < -0.39 is 36.1 Å². The van der Waals surface area contributed by atoms with Crippen LogP contribution in [0.3, 0.4) is 0 Å². The van der Waals surface area contributed by atoms with Crippen molar-refractivity contribution in [3.63, 3.8) is 0 Å². The van der Waals surface area contributed by atoms with Crippen molar-refractivity contribution in [3.8, 4) is 0 Å². The van der Waals surface area contributed by atoms with Crippen molar-refractivity contribution in [3.05, 3.63) is 24.3 Å². The molecule has 0 aliphatic carbocycles. The smallest absolute Gasteiger partial charge is 0.310 e. The molecule has 8 nitrogen and oxygen atoms in total. The zero-order valence-corrected chi connectivity index (χ0v) is 24.9. The van der Waals surface area contributed by atoms with Crippen molar-refractivity contribution in [2.75, 3.05) is 45.3 Å². The number of carbonyl (C=O) groups excluding carboxylic acids is 1. The highest BCUT2D eigenvalue weighted by Crippen LogP contribution is 2.55. The predicted molar refractivity (Wildman–Crippen MR) is 146 cm³/mol. The standard InChI is InChI=1S/C24H43N3O5S3/c1-9-26(10-2)34(29,25-33(7,8)24(4,5)6)21-14-16-22(17-15-21)35(30,31)27-18-12-13-20(19-27)23(28)32-11-3/h14-17,20H,9-13,18-19H2,1-8H3/t20-,34?/m1/s1. The Morgan fingerprint density at radius 2 is 1.60 bits per heavy atom. The Kier molecular flexibility index (Phi) is 9.88. The van der Waals surface area contributed by atoms with Crippen LogP contribution in [-0.4, -0.2) is 77.3 Å². The summed E-state index contributed by atoms with van der Waals surface area (Å²) in [6, 6.07) is 6.28. The molecule has 1 unspecified atom stereocenters. The largest absolute Gasteiger partial charge is 0.466 e. The molecule has 2 atom stereocenters. The van der Waals surface area contributed by atoms with Crippen molar-refractivity contribution >= 4 is 36.1 Å². The first-order chi connectivity index (χ1) is 16.1. The molecule has 1 aromatic rings. The van der Waals surface area contributed by atoms with Crippen molar-refractivity contribution in [1.82, 2.24) is 8.61 Å². The minimum absolute atomic E-state index is 0.109. The molecule has 35 heavy (non-hydrogen) atoms. The molecular formula is C24H43N3O5S3. The Morgan fingerprint density at radius 3 is 2.09 bits per heavy atom. The second-order valence-corrected chi connectivity index (χ2v) is 18.3. The lowest BCUT2D eigenvalue weighted by Gasteiger charge is -2.41. The molecule has 0 radical (unpaired) electrons. The Morgan fingerprint density at radius 1 is 1.06 bits per heavy atom. The summed E-state index contributed by atoms with van der Waals surface area (Å²) >= 11 is 0. The number of nitrogens with zero attached hydrogens (tertiary/aromatic N) is 3. The van der Waals surface area contributed by atoms with Crippen molar-refractivity contribution in [2.24, 2.45) is 9.69 Å². The summed E-state index contributed by atoms with van der Waals surface area (Å²) in [6.07, 6.45) is 5.33. The third kappa shape index (κ3) is 6.60. The van der Waals surface area contributed by atoms with Gasteiger partial charge >= 0.3 is 5.97 Å². The first-order valence-electron chi connectivity index (χ1n) is 12.2. The maximum absolute atomic E-state index is 14.4. The third-order valence-electron chi connectivity index (χ3n) is 6.61. The molecule has 0 bridgehead atoms. The number of sulfonamides is 1. The van der Waals surface area contributed by atoms with Gasteiger partial charge in [0.25, 0.3) is 0 Å². The minimum Gasteiger partial charge on any atom is -0.466 e. The zero-order chi connectivity index (χ0) is 26.7. The van der Waals surface area contributed by atoms with E-state index in [1.807, 2.05) is 18.2 Å². The second kappa shape index (κ2) is 11.5. The number of ether oxygens (including phenoxy) is 1. The lowest BCUT2D eigenvalue weighted by molar-refractivity contribution is -0.149. The number of hydrogen-bond donors (Lipinski definition) is 0. The summed E-state index contributed by atoms with van der Waals surface area (Å²) in [5.74, 6) is -0.812. The number of esters is 1. The number of piperidine rings is 1. The lowest BCUT2D eigenvalue weighted by Crippen LogP contribution is -2.42. The van der Waals surface area contributed by atoms with E-state index in [1.54, 1.807) is 19.1 Å². The zero-order valence-electron chi connectivity index (χ0n) is 22.4. The Bertz CT molecular complexity index is 1100. The predicted octanol–water partition coefficient (Wildman–Crippen LogP) is 4.51. The van der Waals surface area contributed by atoms with Gasteiger partial charge in [0, 0.05) is 30.9 Å². The highest BCUT2D eigenvalue weighted by molar-refractivity contribution is 8.35. The van der Waals surface area contributed by atoms with Crippen molar-refractivity contribution in [2.45, 2.75) is 68.9 Å².